The molecule has 0 saturated carbocycles. The first-order valence-electron chi connectivity index (χ1n) is 21.2. The second-order valence-corrected chi connectivity index (χ2v) is 11.6. The topological polar surface area (TPSA) is 65.0 Å². The van der Waals surface area contributed by atoms with Gasteiger partial charge in [0.1, 0.15) is 22.3 Å². The van der Waals surface area contributed by atoms with Gasteiger partial charge in [-0.25, -0.2) is 15.0 Å². The summed E-state index contributed by atoms with van der Waals surface area (Å²) in [6, 6.07) is 23.5. The molecule has 5 heteroatoms. The first-order valence-corrected chi connectivity index (χ1v) is 15.7. The van der Waals surface area contributed by atoms with Gasteiger partial charge in [-0.3, -0.25) is 0 Å². The zero-order valence-electron chi connectivity index (χ0n) is 36.9. The molecule has 10 rings (SSSR count). The zero-order valence-corrected chi connectivity index (χ0v) is 25.9. The number of furan rings is 2. The molecular formula is C45H27N3O2. The van der Waals surface area contributed by atoms with Crippen LogP contribution in [0.4, 0.5) is 0 Å². The summed E-state index contributed by atoms with van der Waals surface area (Å²) < 4.78 is 109. The van der Waals surface area contributed by atoms with Crippen molar-refractivity contribution in [2.24, 2.45) is 0 Å². The molecule has 0 atom stereocenters. The van der Waals surface area contributed by atoms with Crippen LogP contribution < -0.4 is 0 Å². The van der Waals surface area contributed by atoms with Crippen LogP contribution in [0.15, 0.2) is 172 Å². The first kappa shape index (κ1) is 19.2. The zero-order chi connectivity index (χ0) is 42.6. The Hall–Kier alpha value is -6.85. The standard InChI is InChI=1S/C45H27N3O2/c1-3-11-28(12-4-1)29-19-21-31(22-20-29)43-46-44(32-23-24-35-34-15-7-9-17-38(34)49-40(35)27-32)48-45(47-43)37-26-25-33(30-13-5-2-6-14-30)41-36-16-8-10-18-39(36)50-42(37)41/h1-27H/i2D,5D,6D,8D,10D,13D,14D,16D,18D,25D,26D. The third kappa shape index (κ3) is 4.67. The van der Waals surface area contributed by atoms with E-state index in [1.165, 1.54) is 0 Å². The Morgan fingerprint density at radius 2 is 1.04 bits per heavy atom. The highest BCUT2D eigenvalue weighted by molar-refractivity contribution is 6.16. The van der Waals surface area contributed by atoms with Crippen molar-refractivity contribution in [2.45, 2.75) is 0 Å². The molecule has 10 aromatic rings. The van der Waals surface area contributed by atoms with Crippen LogP contribution in [-0.2, 0) is 0 Å². The average molecular weight is 653 g/mol. The molecule has 0 aliphatic rings. The maximum atomic E-state index is 9.52. The minimum Gasteiger partial charge on any atom is -0.456 e. The fourth-order valence-corrected chi connectivity index (χ4v) is 6.25. The van der Waals surface area contributed by atoms with Gasteiger partial charge in [0.25, 0.3) is 0 Å². The van der Waals surface area contributed by atoms with Crippen molar-refractivity contribution < 1.29 is 23.9 Å². The molecule has 0 amide bonds. The number of hydrogen-bond acceptors (Lipinski definition) is 5. The molecule has 0 aliphatic carbocycles. The summed E-state index contributed by atoms with van der Waals surface area (Å²) >= 11 is 0. The van der Waals surface area contributed by atoms with E-state index in [1.807, 2.05) is 91.0 Å². The van der Waals surface area contributed by atoms with Gasteiger partial charge in [-0.05, 0) is 52.5 Å². The summed E-state index contributed by atoms with van der Waals surface area (Å²) in [6.45, 7) is 0. The minimum atomic E-state index is -0.694. The van der Waals surface area contributed by atoms with Gasteiger partial charge in [-0.1, -0.05) is 133 Å². The first-order chi connectivity index (χ1) is 29.3. The SMILES string of the molecule is [2H]c1c([2H])c([2H])c(-c2c([2H])c([2H])c(-c3nc(-c4ccc(-c5ccccc5)cc4)nc(-c4ccc5c(c4)oc4ccccc45)n3)c3oc4c([2H])c([2H])c([2H])c([2H])c4c23)c([2H])c1[2H]. The van der Waals surface area contributed by atoms with Gasteiger partial charge >= 0.3 is 0 Å². The Kier molecular flexibility index (Phi) is 4.38. The third-order valence-electron chi connectivity index (χ3n) is 8.62. The van der Waals surface area contributed by atoms with Gasteiger partial charge in [0, 0.05) is 32.7 Å². The number of benzene rings is 7. The Balaban J connectivity index is 1.30. The van der Waals surface area contributed by atoms with Crippen LogP contribution >= 0.6 is 0 Å². The minimum absolute atomic E-state index is 0.151. The third-order valence-corrected chi connectivity index (χ3v) is 8.62. The monoisotopic (exact) mass is 652 g/mol. The maximum absolute atomic E-state index is 9.52. The molecule has 234 valence electrons. The number of aromatic nitrogens is 3. The van der Waals surface area contributed by atoms with Crippen LogP contribution in [0.5, 0.6) is 0 Å². The summed E-state index contributed by atoms with van der Waals surface area (Å²) in [6.07, 6.45) is 0. The lowest BCUT2D eigenvalue weighted by Crippen LogP contribution is -2.00. The normalized spacial score (nSPS) is 14.7. The van der Waals surface area contributed by atoms with Gasteiger partial charge in [-0.15, -0.1) is 0 Å². The molecule has 7 aromatic carbocycles. The second kappa shape index (κ2) is 11.4. The molecule has 5 nitrogen and oxygen atoms in total. The highest BCUT2D eigenvalue weighted by Gasteiger charge is 2.21. The van der Waals surface area contributed by atoms with Crippen molar-refractivity contribution in [1.82, 2.24) is 15.0 Å². The van der Waals surface area contributed by atoms with Crippen LogP contribution in [0.25, 0.3) is 100 Å². The molecule has 0 aliphatic heterocycles. The summed E-state index contributed by atoms with van der Waals surface area (Å²) in [5, 5.41) is 1.40. The van der Waals surface area contributed by atoms with E-state index in [-0.39, 0.29) is 50.5 Å². The highest BCUT2D eigenvalue weighted by Crippen LogP contribution is 2.42. The van der Waals surface area contributed by atoms with E-state index in [0.29, 0.717) is 22.3 Å². The second-order valence-electron chi connectivity index (χ2n) is 11.6. The smallest absolute Gasteiger partial charge is 0.167 e. The lowest BCUT2D eigenvalue weighted by atomic mass is 9.97. The summed E-state index contributed by atoms with van der Waals surface area (Å²) in [5.74, 6) is 0.185. The quantitative estimate of drug-likeness (QED) is 0.185. The predicted octanol–water partition coefficient (Wildman–Crippen LogP) is 12.0. The van der Waals surface area contributed by atoms with E-state index in [4.69, 9.17) is 36.1 Å². The molecule has 3 aromatic heterocycles. The highest BCUT2D eigenvalue weighted by atomic mass is 16.3. The molecule has 0 radical (unpaired) electrons. The van der Waals surface area contributed by atoms with Gasteiger partial charge in [0.15, 0.2) is 17.5 Å². The van der Waals surface area contributed by atoms with Gasteiger partial charge < -0.3 is 8.83 Å². The van der Waals surface area contributed by atoms with Crippen LogP contribution in [0, 0.1) is 0 Å². The van der Waals surface area contributed by atoms with Gasteiger partial charge in [0.05, 0.1) is 20.6 Å². The van der Waals surface area contributed by atoms with Gasteiger partial charge in [-0.2, -0.15) is 0 Å². The van der Waals surface area contributed by atoms with Crippen LogP contribution in [0.1, 0.15) is 15.1 Å². The summed E-state index contributed by atoms with van der Waals surface area (Å²) in [5.41, 5.74) is 2.73. The maximum Gasteiger partial charge on any atom is 0.167 e. The number of rotatable bonds is 5. The fraction of sp³-hybridized carbons (Fsp3) is 0. The Morgan fingerprint density at radius 1 is 0.400 bits per heavy atom. The molecule has 0 unspecified atom stereocenters. The number of hydrogen-bond donors (Lipinski definition) is 0. The van der Waals surface area contributed by atoms with Gasteiger partial charge in [0.2, 0.25) is 0 Å². The molecule has 3 heterocycles. The fourth-order valence-electron chi connectivity index (χ4n) is 6.25. The van der Waals surface area contributed by atoms with Crippen molar-refractivity contribution in [1.29, 1.82) is 0 Å². The number of para-hydroxylation sites is 2. The molecule has 0 N–H and O–H groups in total. The summed E-state index contributed by atoms with van der Waals surface area (Å²) in [7, 11) is 0. The molecule has 50 heavy (non-hydrogen) atoms. The van der Waals surface area contributed by atoms with Crippen molar-refractivity contribution in [3.05, 3.63) is 164 Å². The number of nitrogens with zero attached hydrogens (tertiary/aromatic N) is 3. The van der Waals surface area contributed by atoms with E-state index in [9.17, 15) is 2.74 Å². The Labute approximate surface area is 302 Å². The molecule has 0 fully saturated rings. The van der Waals surface area contributed by atoms with Crippen LogP contribution in [-0.4, -0.2) is 15.0 Å². The molecule has 0 bridgehead atoms. The van der Waals surface area contributed by atoms with E-state index in [2.05, 4.69) is 0 Å². The Bertz CT molecular complexity index is 3470. The van der Waals surface area contributed by atoms with Crippen LogP contribution in [0.2, 0.25) is 0 Å². The van der Waals surface area contributed by atoms with E-state index < -0.39 is 72.0 Å². The van der Waals surface area contributed by atoms with Crippen LogP contribution in [0.3, 0.4) is 0 Å². The Morgan fingerprint density at radius 3 is 1.90 bits per heavy atom. The van der Waals surface area contributed by atoms with Crippen molar-refractivity contribution in [3.8, 4) is 56.4 Å². The largest absolute Gasteiger partial charge is 0.456 e. The summed E-state index contributed by atoms with van der Waals surface area (Å²) in [4.78, 5) is 14.6. The lowest BCUT2D eigenvalue weighted by Gasteiger charge is -2.11. The van der Waals surface area contributed by atoms with E-state index in [0.717, 1.165) is 21.9 Å². The van der Waals surface area contributed by atoms with Crippen molar-refractivity contribution in [3.63, 3.8) is 0 Å². The molecule has 0 spiro atoms. The van der Waals surface area contributed by atoms with E-state index >= 15 is 0 Å². The van der Waals surface area contributed by atoms with Crippen molar-refractivity contribution >= 4 is 43.9 Å². The predicted molar refractivity (Wildman–Crippen MR) is 202 cm³/mol. The average Bonchev–Trinajstić information content (AvgIpc) is 3.86. The molecule has 0 saturated heterocycles. The van der Waals surface area contributed by atoms with Crippen molar-refractivity contribution in [2.75, 3.05) is 0 Å². The number of fused-ring (bicyclic) bond motifs is 6. The van der Waals surface area contributed by atoms with E-state index in [1.54, 1.807) is 6.07 Å². The lowest BCUT2D eigenvalue weighted by molar-refractivity contribution is 0.668. The molecular weight excluding hydrogens is 615 g/mol.